The monoisotopic (exact) mass is 1100 g/mol. The van der Waals surface area contributed by atoms with Crippen molar-refractivity contribution in [3.05, 3.63) is 0 Å². The summed E-state index contributed by atoms with van der Waals surface area (Å²) >= 11 is 6.30. The van der Waals surface area contributed by atoms with Gasteiger partial charge < -0.3 is 27.9 Å². The van der Waals surface area contributed by atoms with Gasteiger partial charge in [-0.05, 0) is 67.2 Å². The molecule has 0 rings (SSSR count). The predicted molar refractivity (Wildman–Crippen MR) is 243 cm³/mol. The molecule has 2 atom stereocenters. The van der Waals surface area contributed by atoms with Gasteiger partial charge in [0.05, 0.1) is 52.1 Å². The first kappa shape index (κ1) is 77.3. The zero-order chi connectivity index (χ0) is 46.7. The third-order valence-electron chi connectivity index (χ3n) is 8.67. The molecule has 0 bridgehead atoms. The van der Waals surface area contributed by atoms with Gasteiger partial charge in [-0.3, -0.25) is 23.9 Å². The Hall–Kier alpha value is -1.92. The number of carbonyl (C=O) groups excluding carboxylic acids is 4. The normalized spacial score (nSPS) is 14.4. The van der Waals surface area contributed by atoms with E-state index in [4.69, 9.17) is 9.47 Å². The Labute approximate surface area is 401 Å². The van der Waals surface area contributed by atoms with Crippen LogP contribution in [-0.4, -0.2) is 147 Å². The Morgan fingerprint density at radius 2 is 0.815 bits per heavy atom. The number of hydrogen-bond acceptors (Lipinski definition) is 11. The maximum absolute atomic E-state index is 14.3. The first-order valence-electron chi connectivity index (χ1n) is 18.5. The molecule has 0 N–H and O–H groups in total. The van der Waals surface area contributed by atoms with Gasteiger partial charge in [-0.15, -0.1) is 8.78 Å². The van der Waals surface area contributed by atoms with E-state index in [0.29, 0.717) is 22.1 Å². The molecule has 65 heavy (non-hydrogen) atoms. The molecule has 0 saturated carbocycles. The molecular formula is C42H84Br2F8N2O11+2. The number of likely N-dealkylation sites (N-methyl/N-ethyl adjacent to an activating group) is 2. The molecule has 0 aromatic carbocycles. The van der Waals surface area contributed by atoms with Crippen LogP contribution < -0.4 is 0 Å². The number of alkyl halides is 10. The van der Waals surface area contributed by atoms with Gasteiger partial charge >= 0.3 is 48.5 Å². The van der Waals surface area contributed by atoms with Crippen molar-refractivity contribution in [1.29, 1.82) is 0 Å². The molecule has 0 aromatic rings. The lowest BCUT2D eigenvalue weighted by molar-refractivity contribution is -0.890. The Morgan fingerprint density at radius 3 is 1.15 bits per heavy atom. The van der Waals surface area contributed by atoms with Crippen LogP contribution in [0.4, 0.5) is 35.1 Å². The maximum Gasteiger partial charge on any atom is 0.493 e. The molecule has 0 fully saturated rings. The van der Waals surface area contributed by atoms with Gasteiger partial charge in [-0.2, -0.15) is 26.3 Å². The Kier molecular flexibility index (Phi) is 34.7. The van der Waals surface area contributed by atoms with Crippen LogP contribution in [0, 0.1) is 10.8 Å². The molecule has 0 aliphatic heterocycles. The molecule has 0 aliphatic carbocycles. The van der Waals surface area contributed by atoms with Crippen molar-refractivity contribution < 1.29 is 96.4 Å². The fourth-order valence-electron chi connectivity index (χ4n) is 5.66. The molecule has 2 unspecified atom stereocenters. The van der Waals surface area contributed by atoms with Crippen molar-refractivity contribution in [3.63, 3.8) is 0 Å². The van der Waals surface area contributed by atoms with E-state index in [2.05, 4.69) is 55.5 Å². The number of quaternary nitrogens is 2. The molecule has 0 saturated heterocycles. The summed E-state index contributed by atoms with van der Waals surface area (Å²) in [5.74, 6) is -4.41. The Morgan fingerprint density at radius 1 is 0.492 bits per heavy atom. The summed E-state index contributed by atoms with van der Waals surface area (Å²) in [4.78, 5) is 50.7. The molecule has 396 valence electrons. The fourth-order valence-corrected chi connectivity index (χ4v) is 7.29. The number of nitrogens with zero attached hydrogens (tertiary/aromatic N) is 2. The van der Waals surface area contributed by atoms with E-state index in [0.717, 1.165) is 39.8 Å². The van der Waals surface area contributed by atoms with Crippen LogP contribution >= 0.6 is 31.9 Å². The second-order valence-corrected chi connectivity index (χ2v) is 20.7. The number of ether oxygens (including phenoxy) is 7. The van der Waals surface area contributed by atoms with E-state index >= 15 is 0 Å². The summed E-state index contributed by atoms with van der Waals surface area (Å²) in [6.45, 7) is 9.72. The summed E-state index contributed by atoms with van der Waals surface area (Å²) in [7, 11) is 7.71. The van der Waals surface area contributed by atoms with Gasteiger partial charge in [0, 0.05) is 0 Å². The molecule has 0 radical (unpaired) electrons. The summed E-state index contributed by atoms with van der Waals surface area (Å²) in [6.07, 6.45) is -23.2. The minimum atomic E-state index is -6.53. The molecule has 0 heterocycles. The predicted octanol–water partition coefficient (Wildman–Crippen LogP) is 11.4. The highest BCUT2D eigenvalue weighted by molar-refractivity contribution is 9.10. The lowest BCUT2D eigenvalue weighted by Crippen LogP contribution is -2.53. The third kappa shape index (κ3) is 27.6. The summed E-state index contributed by atoms with van der Waals surface area (Å²) in [5.41, 5.74) is -3.43. The van der Waals surface area contributed by atoms with Crippen molar-refractivity contribution >= 4 is 55.7 Å². The van der Waals surface area contributed by atoms with Gasteiger partial charge in [0.1, 0.15) is 35.0 Å². The SMILES string of the molecule is C.C.C.C.C.C.CCC[N+](C)(C)CCOC(=O)C(C)(Br)CC(C)(C)C(=O)OCOC(F)(F)OC(F)(F)C(F)(F)OC(F)(F)COC(=O)C(C)(C)CC(C)(Br)C(=O)OCC[N+](C)(C)CCC. The van der Waals surface area contributed by atoms with Crippen molar-refractivity contribution in [2.45, 2.75) is 159 Å². The highest BCUT2D eigenvalue weighted by atomic mass is 79.9. The van der Waals surface area contributed by atoms with E-state index in [9.17, 15) is 54.3 Å². The molecule has 0 aromatic heterocycles. The van der Waals surface area contributed by atoms with Crippen LogP contribution in [0.15, 0.2) is 0 Å². The number of hydrogen-bond donors (Lipinski definition) is 0. The molecule has 13 nitrogen and oxygen atoms in total. The summed E-state index contributed by atoms with van der Waals surface area (Å²) in [6, 6.07) is 0. The van der Waals surface area contributed by atoms with Crippen molar-refractivity contribution in [1.82, 2.24) is 0 Å². The second-order valence-electron chi connectivity index (χ2n) is 17.2. The van der Waals surface area contributed by atoms with Crippen LogP contribution in [0.5, 0.6) is 0 Å². The number of carbonyl (C=O) groups is 4. The Balaban J connectivity index is -0.00000112. The van der Waals surface area contributed by atoms with Gasteiger partial charge in [0.15, 0.2) is 6.61 Å². The van der Waals surface area contributed by atoms with E-state index in [1.807, 2.05) is 42.0 Å². The largest absolute Gasteiger partial charge is 0.493 e. The van der Waals surface area contributed by atoms with Gasteiger partial charge in [0.25, 0.3) is 0 Å². The van der Waals surface area contributed by atoms with Crippen LogP contribution in [0.25, 0.3) is 0 Å². The molecular weight excluding hydrogens is 1020 g/mol. The third-order valence-corrected chi connectivity index (χ3v) is 9.88. The highest BCUT2D eigenvalue weighted by Gasteiger charge is 2.68. The standard InChI is InChI=1S/C36H60Br2F8N2O11.6CH4/c1-13-15-47(9,10)17-19-53-27(51)31(7,37)21-29(3,4)25(49)55-23-33(39,40)58-34(41,42)35(43,44)59-36(45,46)57-24-56-26(50)30(5,6)22-32(8,38)28(52)54-20-18-48(11,12)16-14-2;;;;;;/h13-24H2,1-12H3;6*1H4/q+2;;;;;;. The topological polar surface area (TPSA) is 133 Å². The van der Waals surface area contributed by atoms with Crippen LogP contribution in [0.2, 0.25) is 0 Å². The molecule has 0 spiro atoms. The van der Waals surface area contributed by atoms with Gasteiger partial charge in [-0.1, -0.05) is 90.3 Å². The zero-order valence-electron chi connectivity index (χ0n) is 35.7. The number of rotatable bonds is 28. The van der Waals surface area contributed by atoms with E-state index in [1.165, 1.54) is 27.7 Å². The number of esters is 4. The van der Waals surface area contributed by atoms with Crippen LogP contribution in [0.3, 0.4) is 0 Å². The molecule has 0 amide bonds. The summed E-state index contributed by atoms with van der Waals surface area (Å²) < 4.78 is 140. The Bertz CT molecular complexity index is 1420. The lowest BCUT2D eigenvalue weighted by atomic mass is 9.83. The summed E-state index contributed by atoms with van der Waals surface area (Å²) in [5, 5.41) is 0. The van der Waals surface area contributed by atoms with Crippen molar-refractivity contribution in [3.8, 4) is 0 Å². The maximum atomic E-state index is 14.3. The first-order valence-corrected chi connectivity index (χ1v) is 20.1. The van der Waals surface area contributed by atoms with Gasteiger partial charge in [0.2, 0.25) is 6.79 Å². The average Bonchev–Trinajstić information content (AvgIpc) is 3.01. The first-order chi connectivity index (χ1) is 26.2. The van der Waals surface area contributed by atoms with Gasteiger partial charge in [-0.25, -0.2) is 9.47 Å². The van der Waals surface area contributed by atoms with E-state index < -0.39 is 87.8 Å². The number of halogens is 10. The minimum Gasteiger partial charge on any atom is -0.459 e. The quantitative estimate of drug-likeness (QED) is 0.0185. The average molecular weight is 1100 g/mol. The van der Waals surface area contributed by atoms with E-state index in [-0.39, 0.29) is 64.2 Å². The van der Waals surface area contributed by atoms with Crippen LogP contribution in [-0.2, 0) is 52.3 Å². The zero-order valence-corrected chi connectivity index (χ0v) is 38.8. The highest BCUT2D eigenvalue weighted by Crippen LogP contribution is 2.44. The molecule has 0 aliphatic rings. The molecule has 23 heteroatoms. The van der Waals surface area contributed by atoms with Crippen LogP contribution in [0.1, 0.15) is 126 Å². The smallest absolute Gasteiger partial charge is 0.459 e. The lowest BCUT2D eigenvalue weighted by Gasteiger charge is -2.33. The van der Waals surface area contributed by atoms with Crippen molar-refractivity contribution in [2.24, 2.45) is 10.8 Å². The van der Waals surface area contributed by atoms with Crippen molar-refractivity contribution in [2.75, 3.05) is 81.0 Å². The van der Waals surface area contributed by atoms with E-state index in [1.54, 1.807) is 0 Å². The minimum absolute atomic E-state index is 0. The fraction of sp³-hybridized carbons (Fsp3) is 0.905. The second kappa shape index (κ2) is 29.2.